The van der Waals surface area contributed by atoms with Gasteiger partial charge in [0, 0.05) is 16.8 Å². The van der Waals surface area contributed by atoms with Crippen LogP contribution in [0.4, 0.5) is 11.4 Å². The predicted molar refractivity (Wildman–Crippen MR) is 97.4 cm³/mol. The van der Waals surface area contributed by atoms with Gasteiger partial charge in [-0.1, -0.05) is 29.3 Å². The van der Waals surface area contributed by atoms with E-state index in [1.807, 2.05) is 0 Å². The van der Waals surface area contributed by atoms with Gasteiger partial charge in [0.1, 0.15) is 11.3 Å². The zero-order chi connectivity index (χ0) is 18.6. The summed E-state index contributed by atoms with van der Waals surface area (Å²) >= 11 is 11.8. The van der Waals surface area contributed by atoms with Crippen LogP contribution in [0.25, 0.3) is 0 Å². The van der Waals surface area contributed by atoms with Gasteiger partial charge in [0.25, 0.3) is 5.91 Å². The highest BCUT2D eigenvalue weighted by atomic mass is 35.5. The molecule has 0 saturated carbocycles. The number of nitrogen functional groups attached to an aromatic ring is 1. The first-order valence-corrected chi connectivity index (χ1v) is 7.98. The SMILES string of the molecule is COc1cc(N)c(Cl)cc1C(=O)OC(C)C(=O)Nc1cccc(Cl)c1. The van der Waals surface area contributed by atoms with Gasteiger partial charge in [-0.2, -0.15) is 0 Å². The Morgan fingerprint density at radius 2 is 1.92 bits per heavy atom. The van der Waals surface area contributed by atoms with Crippen LogP contribution in [-0.2, 0) is 9.53 Å². The van der Waals surface area contributed by atoms with Gasteiger partial charge in [-0.05, 0) is 31.2 Å². The molecule has 0 aliphatic rings. The highest BCUT2D eigenvalue weighted by molar-refractivity contribution is 6.33. The second-order valence-corrected chi connectivity index (χ2v) is 5.96. The lowest BCUT2D eigenvalue weighted by Crippen LogP contribution is -2.30. The van der Waals surface area contributed by atoms with Crippen molar-refractivity contribution >= 4 is 46.5 Å². The van der Waals surface area contributed by atoms with Crippen molar-refractivity contribution in [2.75, 3.05) is 18.2 Å². The molecule has 0 spiro atoms. The highest BCUT2D eigenvalue weighted by Crippen LogP contribution is 2.29. The molecule has 25 heavy (non-hydrogen) atoms. The minimum absolute atomic E-state index is 0.0732. The molecule has 0 aliphatic carbocycles. The van der Waals surface area contributed by atoms with Gasteiger partial charge < -0.3 is 20.5 Å². The third kappa shape index (κ3) is 4.78. The first-order chi connectivity index (χ1) is 11.8. The Hall–Kier alpha value is -2.44. The normalized spacial score (nSPS) is 11.5. The van der Waals surface area contributed by atoms with Gasteiger partial charge in [0.05, 0.1) is 17.8 Å². The van der Waals surface area contributed by atoms with E-state index in [2.05, 4.69) is 5.32 Å². The summed E-state index contributed by atoms with van der Waals surface area (Å²) in [6, 6.07) is 9.36. The maximum absolute atomic E-state index is 12.3. The van der Waals surface area contributed by atoms with E-state index in [1.165, 1.54) is 26.2 Å². The third-order valence-corrected chi connectivity index (χ3v) is 3.85. The molecule has 8 heteroatoms. The standard InChI is InChI=1S/C17H16Cl2N2O4/c1-9(16(22)21-11-5-3-4-10(18)6-11)25-17(23)12-7-13(19)14(20)8-15(12)24-2/h3-9H,20H2,1-2H3,(H,21,22). The average molecular weight is 383 g/mol. The van der Waals surface area contributed by atoms with Crippen LogP contribution in [0.1, 0.15) is 17.3 Å². The van der Waals surface area contributed by atoms with Gasteiger partial charge in [0.15, 0.2) is 6.10 Å². The van der Waals surface area contributed by atoms with Crippen molar-refractivity contribution in [3.63, 3.8) is 0 Å². The quantitative estimate of drug-likeness (QED) is 0.606. The molecule has 0 heterocycles. The summed E-state index contributed by atoms with van der Waals surface area (Å²) < 4.78 is 10.3. The number of nitrogens with two attached hydrogens (primary N) is 1. The van der Waals surface area contributed by atoms with Crippen molar-refractivity contribution in [1.29, 1.82) is 0 Å². The Balaban J connectivity index is 2.09. The van der Waals surface area contributed by atoms with Crippen molar-refractivity contribution in [2.45, 2.75) is 13.0 Å². The number of amides is 1. The van der Waals surface area contributed by atoms with Crippen LogP contribution in [0.3, 0.4) is 0 Å². The maximum atomic E-state index is 12.3. The number of esters is 1. The summed E-state index contributed by atoms with van der Waals surface area (Å²) in [6.45, 7) is 1.45. The fraction of sp³-hybridized carbons (Fsp3) is 0.176. The number of methoxy groups -OCH3 is 1. The lowest BCUT2D eigenvalue weighted by Gasteiger charge is -2.15. The maximum Gasteiger partial charge on any atom is 0.342 e. The Bertz CT molecular complexity index is 811. The lowest BCUT2D eigenvalue weighted by molar-refractivity contribution is -0.123. The van der Waals surface area contributed by atoms with E-state index in [0.717, 1.165) is 0 Å². The van der Waals surface area contributed by atoms with Gasteiger partial charge >= 0.3 is 5.97 Å². The minimum atomic E-state index is -1.05. The Labute approximate surface area is 154 Å². The number of ether oxygens (including phenoxy) is 2. The van der Waals surface area contributed by atoms with E-state index in [0.29, 0.717) is 10.7 Å². The molecular formula is C17H16Cl2N2O4. The molecule has 6 nitrogen and oxygen atoms in total. The number of rotatable bonds is 5. The van der Waals surface area contributed by atoms with Crippen LogP contribution in [0, 0.1) is 0 Å². The monoisotopic (exact) mass is 382 g/mol. The molecule has 1 amide bonds. The molecule has 3 N–H and O–H groups in total. The van der Waals surface area contributed by atoms with Crippen LogP contribution >= 0.6 is 23.2 Å². The second kappa shape index (κ2) is 8.09. The Kier molecular flexibility index (Phi) is 6.12. The van der Waals surface area contributed by atoms with E-state index < -0.39 is 18.0 Å². The molecule has 2 rings (SSSR count). The van der Waals surface area contributed by atoms with Crippen molar-refractivity contribution in [2.24, 2.45) is 0 Å². The number of anilines is 2. The van der Waals surface area contributed by atoms with Crippen molar-refractivity contribution < 1.29 is 19.1 Å². The van der Waals surface area contributed by atoms with Gasteiger partial charge in [0.2, 0.25) is 0 Å². The van der Waals surface area contributed by atoms with Crippen LogP contribution in [0.5, 0.6) is 5.75 Å². The molecule has 2 aromatic carbocycles. The molecule has 1 atom stereocenters. The number of nitrogens with one attached hydrogen (secondary N) is 1. The number of hydrogen-bond donors (Lipinski definition) is 2. The number of carbonyl (C=O) groups is 2. The molecule has 1 unspecified atom stereocenters. The largest absolute Gasteiger partial charge is 0.496 e. The lowest BCUT2D eigenvalue weighted by atomic mass is 10.2. The summed E-state index contributed by atoms with van der Waals surface area (Å²) in [7, 11) is 1.38. The third-order valence-electron chi connectivity index (χ3n) is 3.28. The van der Waals surface area contributed by atoms with E-state index >= 15 is 0 Å². The second-order valence-electron chi connectivity index (χ2n) is 5.12. The molecule has 0 saturated heterocycles. The summed E-state index contributed by atoms with van der Waals surface area (Å²) in [5, 5.41) is 3.27. The van der Waals surface area contributed by atoms with Crippen LogP contribution in [0.2, 0.25) is 10.0 Å². The van der Waals surface area contributed by atoms with E-state index in [-0.39, 0.29) is 22.0 Å². The van der Waals surface area contributed by atoms with Crippen LogP contribution < -0.4 is 15.8 Å². The Morgan fingerprint density at radius 1 is 1.20 bits per heavy atom. The van der Waals surface area contributed by atoms with Crippen LogP contribution in [0.15, 0.2) is 36.4 Å². The predicted octanol–water partition coefficient (Wildman–Crippen LogP) is 3.77. The summed E-state index contributed by atoms with van der Waals surface area (Å²) in [6.07, 6.45) is -1.05. The van der Waals surface area contributed by atoms with E-state index in [4.69, 9.17) is 38.4 Å². The van der Waals surface area contributed by atoms with Crippen molar-refractivity contribution in [3.05, 3.63) is 52.0 Å². The number of hydrogen-bond acceptors (Lipinski definition) is 5. The fourth-order valence-electron chi connectivity index (χ4n) is 1.99. The number of carbonyl (C=O) groups excluding carboxylic acids is 2. The van der Waals surface area contributed by atoms with Crippen LogP contribution in [-0.4, -0.2) is 25.1 Å². The summed E-state index contributed by atoms with van der Waals surface area (Å²) in [5.41, 5.74) is 6.51. The smallest absolute Gasteiger partial charge is 0.342 e. The molecule has 0 radical (unpaired) electrons. The molecule has 0 bridgehead atoms. The summed E-state index contributed by atoms with van der Waals surface area (Å²) in [4.78, 5) is 24.5. The Morgan fingerprint density at radius 3 is 2.56 bits per heavy atom. The van der Waals surface area contributed by atoms with E-state index in [1.54, 1.807) is 24.3 Å². The number of halogens is 2. The van der Waals surface area contributed by atoms with Gasteiger partial charge in [-0.15, -0.1) is 0 Å². The zero-order valence-electron chi connectivity index (χ0n) is 13.5. The minimum Gasteiger partial charge on any atom is -0.496 e. The molecule has 132 valence electrons. The van der Waals surface area contributed by atoms with Crippen molar-refractivity contribution in [3.8, 4) is 5.75 Å². The molecule has 0 aliphatic heterocycles. The molecule has 0 fully saturated rings. The van der Waals surface area contributed by atoms with Gasteiger partial charge in [-0.3, -0.25) is 4.79 Å². The zero-order valence-corrected chi connectivity index (χ0v) is 15.0. The molecule has 2 aromatic rings. The first-order valence-electron chi connectivity index (χ1n) is 7.22. The average Bonchev–Trinajstić information content (AvgIpc) is 2.56. The first kappa shape index (κ1) is 18.9. The van der Waals surface area contributed by atoms with Gasteiger partial charge in [-0.25, -0.2) is 4.79 Å². The van der Waals surface area contributed by atoms with Crippen molar-refractivity contribution in [1.82, 2.24) is 0 Å². The fourth-order valence-corrected chi connectivity index (χ4v) is 2.34. The highest BCUT2D eigenvalue weighted by Gasteiger charge is 2.22. The molecule has 0 aromatic heterocycles. The number of benzene rings is 2. The van der Waals surface area contributed by atoms with E-state index in [9.17, 15) is 9.59 Å². The topological polar surface area (TPSA) is 90.7 Å². The molecular weight excluding hydrogens is 367 g/mol. The summed E-state index contributed by atoms with van der Waals surface area (Å²) in [5.74, 6) is -1.06.